The minimum absolute atomic E-state index is 0.000916. The van der Waals surface area contributed by atoms with Crippen molar-refractivity contribution in [3.8, 4) is 11.3 Å². The number of rotatable bonds is 18. The molecule has 300 valence electrons. The van der Waals surface area contributed by atoms with E-state index in [1.165, 1.54) is 21.2 Å². The van der Waals surface area contributed by atoms with E-state index in [-0.39, 0.29) is 49.7 Å². The summed E-state index contributed by atoms with van der Waals surface area (Å²) in [5.74, 6) is -2.44. The van der Waals surface area contributed by atoms with E-state index in [0.29, 0.717) is 54.6 Å². The minimum Gasteiger partial charge on any atom is -0.462 e. The number of hydrogen-bond donors (Lipinski definition) is 2. The van der Waals surface area contributed by atoms with Crippen LogP contribution in [0.2, 0.25) is 0 Å². The summed E-state index contributed by atoms with van der Waals surface area (Å²) in [6.07, 6.45) is 2.89. The molecule has 0 unspecified atom stereocenters. The molecule has 6 rings (SSSR count). The monoisotopic (exact) mass is 794 g/mol. The summed E-state index contributed by atoms with van der Waals surface area (Å²) in [5, 5.41) is 17.0. The number of esters is 1. The van der Waals surface area contributed by atoms with Crippen molar-refractivity contribution in [2.75, 3.05) is 38.7 Å². The Balaban J connectivity index is 1.27. The molecule has 2 N–H and O–H groups in total. The molecule has 0 saturated carbocycles. The molecule has 0 saturated heterocycles. The lowest BCUT2D eigenvalue weighted by Gasteiger charge is -2.18. The number of urea groups is 1. The number of hydrogen-bond acceptors (Lipinski definition) is 10. The first-order chi connectivity index (χ1) is 28.1. The first kappa shape index (κ1) is 40.7. The van der Waals surface area contributed by atoms with E-state index in [1.54, 1.807) is 42.1 Å². The van der Waals surface area contributed by atoms with Gasteiger partial charge in [-0.2, -0.15) is 0 Å². The lowest BCUT2D eigenvalue weighted by Crippen LogP contribution is -2.29. The average molecular weight is 795 g/mol. The van der Waals surface area contributed by atoms with E-state index in [9.17, 15) is 23.2 Å². The van der Waals surface area contributed by atoms with E-state index in [1.807, 2.05) is 42.3 Å². The third-order valence-electron chi connectivity index (χ3n) is 8.83. The molecule has 58 heavy (non-hydrogen) atoms. The third-order valence-corrected chi connectivity index (χ3v) is 8.83. The molecule has 6 aromatic rings. The molecule has 0 aliphatic carbocycles. The molecule has 3 heterocycles. The van der Waals surface area contributed by atoms with Gasteiger partial charge in [0.1, 0.15) is 22.9 Å². The Hall–Kier alpha value is -6.95. The van der Waals surface area contributed by atoms with Crippen molar-refractivity contribution in [3.63, 3.8) is 0 Å². The van der Waals surface area contributed by atoms with Gasteiger partial charge in [-0.15, -0.1) is 5.10 Å². The van der Waals surface area contributed by atoms with Gasteiger partial charge in [0.25, 0.3) is 5.56 Å². The van der Waals surface area contributed by atoms with Crippen molar-refractivity contribution in [2.24, 2.45) is 5.11 Å². The number of nitrogens with zero attached hydrogens (tertiary/aromatic N) is 10. The van der Waals surface area contributed by atoms with Crippen LogP contribution in [0.5, 0.6) is 0 Å². The molecule has 0 spiro atoms. The molecule has 0 radical (unpaired) electrons. The zero-order chi connectivity index (χ0) is 41.0. The summed E-state index contributed by atoms with van der Waals surface area (Å²) in [5.41, 5.74) is 10.4. The highest BCUT2D eigenvalue weighted by atomic mass is 19.1. The summed E-state index contributed by atoms with van der Waals surface area (Å²) in [7, 11) is 1.87. The Morgan fingerprint density at radius 2 is 1.74 bits per heavy atom. The highest BCUT2D eigenvalue weighted by Crippen LogP contribution is 2.28. The minimum atomic E-state index is -0.890. The van der Waals surface area contributed by atoms with E-state index < -0.39 is 29.2 Å². The van der Waals surface area contributed by atoms with E-state index in [2.05, 4.69) is 31.0 Å². The molecule has 3 aromatic carbocycles. The standard InChI is InChI=1S/C39H40F2N12O5/c1-3-58-37(55)31-24-51(23-30-32(40)10-7-11-33(30)41)39-46-35(34(53(39)36(31)54)25-50(2)21-26-8-5-4-6-9-26)27-12-14-28(15-13-27)45-38(56)43-20-29-22-52(49-47-29)17-19-57-18-16-44-48-42/h4-15,22,24H,3,16-21,23,25H2,1-2H3,(H2,43,45,56). The van der Waals surface area contributed by atoms with Crippen molar-refractivity contribution in [3.05, 3.63) is 146 Å². The largest absolute Gasteiger partial charge is 0.462 e. The van der Waals surface area contributed by atoms with Gasteiger partial charge in [-0.1, -0.05) is 58.9 Å². The molecule has 2 amide bonds. The molecule has 0 bridgehead atoms. The van der Waals surface area contributed by atoms with Crippen LogP contribution in [0.4, 0.5) is 19.3 Å². The molecule has 3 aromatic heterocycles. The lowest BCUT2D eigenvalue weighted by molar-refractivity contribution is 0.0523. The highest BCUT2D eigenvalue weighted by Gasteiger charge is 2.25. The van der Waals surface area contributed by atoms with Crippen LogP contribution < -0.4 is 16.2 Å². The molecule has 17 nitrogen and oxygen atoms in total. The maximum absolute atomic E-state index is 15.0. The predicted molar refractivity (Wildman–Crippen MR) is 209 cm³/mol. The summed E-state index contributed by atoms with van der Waals surface area (Å²) >= 11 is 0. The smallest absolute Gasteiger partial charge is 0.345 e. The maximum Gasteiger partial charge on any atom is 0.345 e. The van der Waals surface area contributed by atoms with Gasteiger partial charge in [0, 0.05) is 47.6 Å². The fourth-order valence-corrected chi connectivity index (χ4v) is 6.14. The third kappa shape index (κ3) is 10.1. The second-order valence-corrected chi connectivity index (χ2v) is 13.0. The van der Waals surface area contributed by atoms with Gasteiger partial charge in [-0.3, -0.25) is 9.69 Å². The van der Waals surface area contributed by atoms with Crippen molar-refractivity contribution >= 4 is 23.5 Å². The Morgan fingerprint density at radius 3 is 2.47 bits per heavy atom. The fraction of sp³-hybridized carbons (Fsp3) is 0.282. The summed E-state index contributed by atoms with van der Waals surface area (Å²) in [6.45, 7) is 3.30. The van der Waals surface area contributed by atoms with Gasteiger partial charge in [0.2, 0.25) is 5.78 Å². The van der Waals surface area contributed by atoms with Crippen LogP contribution in [-0.4, -0.2) is 79.3 Å². The summed E-state index contributed by atoms with van der Waals surface area (Å²) < 4.78 is 44.8. The number of benzene rings is 3. The number of aromatic nitrogens is 6. The maximum atomic E-state index is 15.0. The number of anilines is 1. The second-order valence-electron chi connectivity index (χ2n) is 13.0. The Bertz CT molecular complexity index is 2460. The number of imidazole rings is 1. The quantitative estimate of drug-likeness (QED) is 0.0369. The molecule has 19 heteroatoms. The number of ether oxygens (including phenoxy) is 2. The first-order valence-electron chi connectivity index (χ1n) is 18.2. The molecular formula is C39H40F2N12O5. The Labute approximate surface area is 330 Å². The zero-order valence-electron chi connectivity index (χ0n) is 31.7. The zero-order valence-corrected chi connectivity index (χ0v) is 31.7. The van der Waals surface area contributed by atoms with Gasteiger partial charge >= 0.3 is 12.0 Å². The molecule has 0 aliphatic rings. The number of carbonyl (C=O) groups is 2. The summed E-state index contributed by atoms with van der Waals surface area (Å²) in [4.78, 5) is 49.6. The van der Waals surface area contributed by atoms with Crippen LogP contribution in [0.1, 0.15) is 39.8 Å². The topological polar surface area (TPSA) is 199 Å². The van der Waals surface area contributed by atoms with Crippen molar-refractivity contribution < 1.29 is 27.8 Å². The first-order valence-corrected chi connectivity index (χ1v) is 18.2. The van der Waals surface area contributed by atoms with Crippen molar-refractivity contribution in [1.82, 2.24) is 39.2 Å². The van der Waals surface area contributed by atoms with Crippen molar-refractivity contribution in [1.29, 1.82) is 0 Å². The van der Waals surface area contributed by atoms with Crippen molar-refractivity contribution in [2.45, 2.75) is 39.6 Å². The van der Waals surface area contributed by atoms with Crippen LogP contribution in [0.15, 0.2) is 95.1 Å². The van der Waals surface area contributed by atoms with E-state index in [4.69, 9.17) is 20.0 Å². The Kier molecular flexibility index (Phi) is 13.5. The van der Waals surface area contributed by atoms with E-state index in [0.717, 1.165) is 17.7 Å². The molecule has 0 fully saturated rings. The van der Waals surface area contributed by atoms with Gasteiger partial charge < -0.3 is 24.7 Å². The van der Waals surface area contributed by atoms with Gasteiger partial charge in [-0.25, -0.2) is 32.4 Å². The number of halogens is 2. The normalized spacial score (nSPS) is 11.1. The lowest BCUT2D eigenvalue weighted by atomic mass is 10.1. The van der Waals surface area contributed by atoms with Gasteiger partial charge in [-0.05, 0) is 49.3 Å². The predicted octanol–water partition coefficient (Wildman–Crippen LogP) is 5.54. The SMILES string of the molecule is CCOC(=O)c1cn(Cc2c(F)cccc2F)c2nc(-c3ccc(NC(=O)NCc4cn(CCOCCN=[N+]=[N-])nn4)cc3)c(CN(C)Cc3ccccc3)n2c1=O. The van der Waals surface area contributed by atoms with Crippen LogP contribution in [0.25, 0.3) is 27.5 Å². The van der Waals surface area contributed by atoms with Gasteiger partial charge in [0.05, 0.1) is 57.0 Å². The fourth-order valence-electron chi connectivity index (χ4n) is 6.14. The molecular weight excluding hydrogens is 755 g/mol. The summed E-state index contributed by atoms with van der Waals surface area (Å²) in [6, 6.07) is 19.5. The molecule has 0 aliphatic heterocycles. The average Bonchev–Trinajstić information content (AvgIpc) is 3.83. The number of nitrogens with one attached hydrogen (secondary N) is 2. The van der Waals surface area contributed by atoms with Gasteiger partial charge in [0.15, 0.2) is 0 Å². The second kappa shape index (κ2) is 19.3. The van der Waals surface area contributed by atoms with E-state index >= 15 is 0 Å². The number of amides is 2. The van der Waals surface area contributed by atoms with Crippen LogP contribution in [0.3, 0.4) is 0 Å². The Morgan fingerprint density at radius 1 is 0.983 bits per heavy atom. The van der Waals surface area contributed by atoms with Crippen LogP contribution in [-0.2, 0) is 42.2 Å². The van der Waals surface area contributed by atoms with Crippen LogP contribution >= 0.6 is 0 Å². The van der Waals surface area contributed by atoms with Crippen LogP contribution in [0, 0.1) is 11.6 Å². The highest BCUT2D eigenvalue weighted by molar-refractivity contribution is 5.90. The molecule has 0 atom stereocenters. The number of carbonyl (C=O) groups excluding carboxylic acids is 2. The number of azide groups is 1. The number of fused-ring (bicyclic) bond motifs is 1.